The largest absolute Gasteiger partial charge is 0.370 e. The molecule has 0 aliphatic rings. The molecule has 0 radical (unpaired) electrons. The third-order valence-electron chi connectivity index (χ3n) is 3.93. The van der Waals surface area contributed by atoms with Gasteiger partial charge in [-0.1, -0.05) is 24.3 Å². The van der Waals surface area contributed by atoms with E-state index < -0.39 is 0 Å². The molecule has 0 unspecified atom stereocenters. The van der Waals surface area contributed by atoms with Crippen LogP contribution in [0, 0.1) is 11.6 Å². The molecule has 0 fully saturated rings. The van der Waals surface area contributed by atoms with E-state index in [-0.39, 0.29) is 11.6 Å². The Labute approximate surface area is 151 Å². The molecule has 0 atom stereocenters. The Bertz CT molecular complexity index is 753. The molecule has 2 aromatic carbocycles. The monoisotopic (exact) mass is 354 g/mol. The third kappa shape index (κ3) is 5.51. The van der Waals surface area contributed by atoms with E-state index in [1.54, 1.807) is 24.3 Å². The van der Waals surface area contributed by atoms with Gasteiger partial charge in [0.1, 0.15) is 29.6 Å². The van der Waals surface area contributed by atoms with Gasteiger partial charge in [0.2, 0.25) is 0 Å². The van der Waals surface area contributed by atoms with Crippen LogP contribution in [0.5, 0.6) is 0 Å². The summed E-state index contributed by atoms with van der Waals surface area (Å²) in [7, 11) is 0. The number of aromatic nitrogens is 2. The number of anilines is 2. The molecule has 0 amide bonds. The Kier molecular flexibility index (Phi) is 6.09. The van der Waals surface area contributed by atoms with Crippen molar-refractivity contribution in [1.82, 2.24) is 9.97 Å². The Hall–Kier alpha value is -3.02. The van der Waals surface area contributed by atoms with E-state index in [4.69, 9.17) is 0 Å². The van der Waals surface area contributed by atoms with Gasteiger partial charge in [-0.3, -0.25) is 0 Å². The highest BCUT2D eigenvalue weighted by atomic mass is 19.1. The van der Waals surface area contributed by atoms with E-state index in [0.717, 1.165) is 35.6 Å². The van der Waals surface area contributed by atoms with Gasteiger partial charge in [-0.2, -0.15) is 0 Å². The molecule has 6 heteroatoms. The number of nitrogens with one attached hydrogen (secondary N) is 2. The van der Waals surface area contributed by atoms with E-state index in [1.165, 1.54) is 30.6 Å². The van der Waals surface area contributed by atoms with Crippen LogP contribution in [0.25, 0.3) is 0 Å². The molecule has 2 N–H and O–H groups in total. The maximum Gasteiger partial charge on any atom is 0.131 e. The average molecular weight is 354 g/mol. The molecule has 0 saturated carbocycles. The minimum atomic E-state index is -0.228. The van der Waals surface area contributed by atoms with Gasteiger partial charge >= 0.3 is 0 Å². The van der Waals surface area contributed by atoms with Gasteiger partial charge in [-0.05, 0) is 48.2 Å². The summed E-state index contributed by atoms with van der Waals surface area (Å²) in [5, 5.41) is 6.47. The molecule has 26 heavy (non-hydrogen) atoms. The van der Waals surface area contributed by atoms with Gasteiger partial charge in [0.15, 0.2) is 0 Å². The second-order valence-corrected chi connectivity index (χ2v) is 5.89. The highest BCUT2D eigenvalue weighted by Gasteiger charge is 2.00. The topological polar surface area (TPSA) is 49.8 Å². The predicted octanol–water partition coefficient (Wildman–Crippen LogP) is 4.06. The number of nitrogens with zero attached hydrogens (tertiary/aromatic N) is 2. The van der Waals surface area contributed by atoms with Crippen LogP contribution in [0.3, 0.4) is 0 Å². The molecule has 1 heterocycles. The normalized spacial score (nSPS) is 10.5. The van der Waals surface area contributed by atoms with Gasteiger partial charge < -0.3 is 10.6 Å². The zero-order chi connectivity index (χ0) is 18.2. The summed E-state index contributed by atoms with van der Waals surface area (Å²) >= 11 is 0. The zero-order valence-electron chi connectivity index (χ0n) is 14.3. The van der Waals surface area contributed by atoms with Crippen LogP contribution < -0.4 is 10.6 Å². The molecule has 1 aromatic heterocycles. The Balaban J connectivity index is 1.45. The summed E-state index contributed by atoms with van der Waals surface area (Å²) in [6.07, 6.45) is 3.05. The standard InChI is InChI=1S/C20H20F2N4/c21-17-5-1-15(2-6-17)9-11-23-19-13-20(26-14-25-19)24-12-10-16-3-7-18(22)8-4-16/h1-8,13-14H,9-12H2,(H2,23,24,25,26). The first-order valence-corrected chi connectivity index (χ1v) is 8.48. The predicted molar refractivity (Wildman–Crippen MR) is 99.2 cm³/mol. The molecule has 0 spiro atoms. The summed E-state index contributed by atoms with van der Waals surface area (Å²) in [6.45, 7) is 1.38. The molecule has 0 saturated heterocycles. The average Bonchev–Trinajstić information content (AvgIpc) is 2.65. The van der Waals surface area contributed by atoms with Crippen molar-refractivity contribution in [3.8, 4) is 0 Å². The molecule has 3 aromatic rings. The van der Waals surface area contributed by atoms with Crippen LogP contribution in [-0.4, -0.2) is 23.1 Å². The highest BCUT2D eigenvalue weighted by Crippen LogP contribution is 2.10. The minimum absolute atomic E-state index is 0.228. The number of rotatable bonds is 8. The number of hydrogen-bond donors (Lipinski definition) is 2. The fraction of sp³-hybridized carbons (Fsp3) is 0.200. The van der Waals surface area contributed by atoms with Crippen LogP contribution in [0.1, 0.15) is 11.1 Å². The SMILES string of the molecule is Fc1ccc(CCNc2cc(NCCc3ccc(F)cc3)ncn2)cc1. The van der Waals surface area contributed by atoms with Gasteiger partial charge in [-0.15, -0.1) is 0 Å². The van der Waals surface area contributed by atoms with Crippen molar-refractivity contribution >= 4 is 11.6 Å². The van der Waals surface area contributed by atoms with Crippen molar-refractivity contribution in [3.63, 3.8) is 0 Å². The van der Waals surface area contributed by atoms with Crippen molar-refractivity contribution in [1.29, 1.82) is 0 Å². The van der Waals surface area contributed by atoms with Crippen LogP contribution in [-0.2, 0) is 12.8 Å². The van der Waals surface area contributed by atoms with Crippen molar-refractivity contribution in [2.75, 3.05) is 23.7 Å². The Morgan fingerprint density at radius 1 is 0.654 bits per heavy atom. The first-order chi connectivity index (χ1) is 12.7. The zero-order valence-corrected chi connectivity index (χ0v) is 14.3. The van der Waals surface area contributed by atoms with E-state index in [9.17, 15) is 8.78 Å². The third-order valence-corrected chi connectivity index (χ3v) is 3.93. The van der Waals surface area contributed by atoms with Crippen LogP contribution in [0.2, 0.25) is 0 Å². The van der Waals surface area contributed by atoms with Crippen molar-refractivity contribution < 1.29 is 8.78 Å². The lowest BCUT2D eigenvalue weighted by atomic mass is 10.1. The van der Waals surface area contributed by atoms with Gasteiger partial charge in [0, 0.05) is 19.2 Å². The fourth-order valence-electron chi connectivity index (χ4n) is 2.52. The van der Waals surface area contributed by atoms with Gasteiger partial charge in [0.05, 0.1) is 0 Å². The second-order valence-electron chi connectivity index (χ2n) is 5.89. The molecule has 4 nitrogen and oxygen atoms in total. The lowest BCUT2D eigenvalue weighted by molar-refractivity contribution is 0.626. The first-order valence-electron chi connectivity index (χ1n) is 8.48. The molecule has 3 rings (SSSR count). The summed E-state index contributed by atoms with van der Waals surface area (Å²) in [5.74, 6) is 1.00. The van der Waals surface area contributed by atoms with E-state index in [2.05, 4.69) is 20.6 Å². The molecule has 0 bridgehead atoms. The maximum atomic E-state index is 12.9. The van der Waals surface area contributed by atoms with Crippen LogP contribution >= 0.6 is 0 Å². The smallest absolute Gasteiger partial charge is 0.131 e. The van der Waals surface area contributed by atoms with E-state index in [1.807, 2.05) is 6.07 Å². The van der Waals surface area contributed by atoms with Gasteiger partial charge in [-0.25, -0.2) is 18.7 Å². The Morgan fingerprint density at radius 3 is 1.50 bits per heavy atom. The lowest BCUT2D eigenvalue weighted by Gasteiger charge is -2.09. The summed E-state index contributed by atoms with van der Waals surface area (Å²) in [4.78, 5) is 8.39. The minimum Gasteiger partial charge on any atom is -0.370 e. The number of halogens is 2. The molecular formula is C20H20F2N4. The number of benzene rings is 2. The maximum absolute atomic E-state index is 12.9. The van der Waals surface area contributed by atoms with Crippen molar-refractivity contribution in [2.45, 2.75) is 12.8 Å². The van der Waals surface area contributed by atoms with Crippen molar-refractivity contribution in [3.05, 3.63) is 83.7 Å². The Morgan fingerprint density at radius 2 is 1.08 bits per heavy atom. The van der Waals surface area contributed by atoms with Crippen molar-refractivity contribution in [2.24, 2.45) is 0 Å². The molecule has 134 valence electrons. The van der Waals surface area contributed by atoms with Crippen LogP contribution in [0.15, 0.2) is 60.9 Å². The first kappa shape index (κ1) is 17.8. The quantitative estimate of drug-likeness (QED) is 0.640. The fourth-order valence-corrected chi connectivity index (χ4v) is 2.52. The van der Waals surface area contributed by atoms with Crippen LogP contribution in [0.4, 0.5) is 20.4 Å². The van der Waals surface area contributed by atoms with Gasteiger partial charge in [0.25, 0.3) is 0 Å². The molecular weight excluding hydrogens is 334 g/mol. The summed E-state index contributed by atoms with van der Waals surface area (Å²) in [5.41, 5.74) is 2.12. The summed E-state index contributed by atoms with van der Waals surface area (Å²) in [6, 6.07) is 14.8. The molecule has 0 aliphatic heterocycles. The second kappa shape index (κ2) is 8.89. The lowest BCUT2D eigenvalue weighted by Crippen LogP contribution is -2.09. The highest BCUT2D eigenvalue weighted by molar-refractivity contribution is 5.46. The van der Waals surface area contributed by atoms with E-state index in [0.29, 0.717) is 13.1 Å². The number of hydrogen-bond acceptors (Lipinski definition) is 4. The summed E-state index contributed by atoms with van der Waals surface area (Å²) < 4.78 is 25.8. The van der Waals surface area contributed by atoms with E-state index >= 15 is 0 Å². The molecule has 0 aliphatic carbocycles.